The molecule has 0 unspecified atom stereocenters. The molecule has 3 aliphatic rings. The largest absolute Gasteiger partial charge is 0.396 e. The monoisotopic (exact) mass is 426 g/mol. The third-order valence-electron chi connectivity index (χ3n) is 6.00. The fourth-order valence-electron chi connectivity index (χ4n) is 4.17. The van der Waals surface area contributed by atoms with Crippen LogP contribution in [-0.2, 0) is 6.54 Å². The van der Waals surface area contributed by atoms with Crippen molar-refractivity contribution in [1.82, 2.24) is 16.0 Å². The first kappa shape index (κ1) is 21.3. The summed E-state index contributed by atoms with van der Waals surface area (Å²) < 4.78 is 1.04. The van der Waals surface area contributed by atoms with Crippen LogP contribution in [0.4, 0.5) is 0 Å². The van der Waals surface area contributed by atoms with Crippen molar-refractivity contribution in [2.24, 2.45) is 26.8 Å². The number of nitrogens with one attached hydrogen (secondary N) is 3. The molecule has 1 aromatic rings. The first-order valence-corrected chi connectivity index (χ1v) is 11.1. The maximum atomic E-state index is 9.78. The van der Waals surface area contributed by atoms with Crippen molar-refractivity contribution in [2.75, 3.05) is 13.7 Å². The number of pyridine rings is 1. The van der Waals surface area contributed by atoms with Gasteiger partial charge in [0.1, 0.15) is 5.82 Å². The Kier molecular flexibility index (Phi) is 6.81. The number of allylic oxidation sites excluding steroid dienone is 1. The van der Waals surface area contributed by atoms with E-state index < -0.39 is 0 Å². The predicted octanol–water partition coefficient (Wildman–Crippen LogP) is 1.08. The molecule has 0 radical (unpaired) electrons. The molecule has 2 heterocycles. The van der Waals surface area contributed by atoms with Crippen LogP contribution in [0, 0.1) is 11.8 Å². The SMILES string of the molecule is C/N=C\C(=C1\N=C(N[C@H]2CCCC[C@H]2CO)N=C(NCc2ccc[n+](O)c2)N1)C1CC1. The zero-order valence-corrected chi connectivity index (χ0v) is 18.0. The molecule has 4 rings (SSSR count). The quantitative estimate of drug-likeness (QED) is 0.265. The Morgan fingerprint density at radius 1 is 1.29 bits per heavy atom. The molecule has 2 aliphatic carbocycles. The van der Waals surface area contributed by atoms with Crippen molar-refractivity contribution in [3.8, 4) is 0 Å². The number of rotatable bonds is 6. The molecule has 9 heteroatoms. The first-order valence-electron chi connectivity index (χ1n) is 11.1. The third kappa shape index (κ3) is 5.61. The Hall–Kier alpha value is -2.94. The van der Waals surface area contributed by atoms with E-state index in [4.69, 9.17) is 4.99 Å². The smallest absolute Gasteiger partial charge is 0.228 e. The van der Waals surface area contributed by atoms with E-state index >= 15 is 0 Å². The molecule has 2 fully saturated rings. The number of nitrogens with zero attached hydrogens (tertiary/aromatic N) is 4. The lowest BCUT2D eigenvalue weighted by Crippen LogP contribution is -2.47. The van der Waals surface area contributed by atoms with Gasteiger partial charge in [-0.1, -0.05) is 12.8 Å². The second kappa shape index (κ2) is 9.91. The number of aliphatic hydroxyl groups is 1. The van der Waals surface area contributed by atoms with Crippen LogP contribution in [0.15, 0.2) is 50.9 Å². The highest BCUT2D eigenvalue weighted by molar-refractivity contribution is 5.99. The molecule has 2 atom stereocenters. The summed E-state index contributed by atoms with van der Waals surface area (Å²) in [5.74, 6) is 2.59. The van der Waals surface area contributed by atoms with Crippen LogP contribution in [-0.4, -0.2) is 48.1 Å². The van der Waals surface area contributed by atoms with Crippen molar-refractivity contribution in [3.05, 3.63) is 41.5 Å². The van der Waals surface area contributed by atoms with Gasteiger partial charge in [-0.2, -0.15) is 9.98 Å². The van der Waals surface area contributed by atoms with Crippen LogP contribution in [0.2, 0.25) is 0 Å². The topological polar surface area (TPSA) is 118 Å². The number of guanidine groups is 2. The van der Waals surface area contributed by atoms with Gasteiger partial charge in [0.05, 0.1) is 0 Å². The van der Waals surface area contributed by atoms with Gasteiger partial charge in [-0.3, -0.25) is 10.2 Å². The van der Waals surface area contributed by atoms with E-state index in [0.29, 0.717) is 24.4 Å². The molecule has 1 aliphatic heterocycles. The lowest BCUT2D eigenvalue weighted by molar-refractivity contribution is -0.905. The lowest BCUT2D eigenvalue weighted by atomic mass is 9.85. The van der Waals surface area contributed by atoms with Crippen LogP contribution in [0.1, 0.15) is 44.1 Å². The highest BCUT2D eigenvalue weighted by atomic mass is 16.5. The van der Waals surface area contributed by atoms with E-state index in [2.05, 4.69) is 25.9 Å². The summed E-state index contributed by atoms with van der Waals surface area (Å²) in [6.45, 7) is 0.669. The summed E-state index contributed by atoms with van der Waals surface area (Å²) in [5.41, 5.74) is 2.01. The van der Waals surface area contributed by atoms with Gasteiger partial charge in [-0.15, -0.1) is 0 Å². The molecule has 0 bridgehead atoms. The minimum atomic E-state index is 0.161. The number of aromatic nitrogens is 1. The average molecular weight is 427 g/mol. The average Bonchev–Trinajstić information content (AvgIpc) is 3.61. The Labute approximate surface area is 182 Å². The Bertz CT molecular complexity index is 905. The fourth-order valence-corrected chi connectivity index (χ4v) is 4.17. The predicted molar refractivity (Wildman–Crippen MR) is 119 cm³/mol. The summed E-state index contributed by atoms with van der Waals surface area (Å²) in [5, 5.41) is 29.5. The minimum Gasteiger partial charge on any atom is -0.396 e. The van der Waals surface area contributed by atoms with E-state index in [1.54, 1.807) is 25.5 Å². The Morgan fingerprint density at radius 2 is 2.13 bits per heavy atom. The summed E-state index contributed by atoms with van der Waals surface area (Å²) in [7, 11) is 1.77. The maximum Gasteiger partial charge on any atom is 0.228 e. The molecule has 1 aromatic heterocycles. The van der Waals surface area contributed by atoms with Gasteiger partial charge < -0.3 is 21.1 Å². The van der Waals surface area contributed by atoms with E-state index in [1.165, 1.54) is 0 Å². The normalized spacial score (nSPS) is 25.5. The summed E-state index contributed by atoms with van der Waals surface area (Å²) in [4.78, 5) is 13.7. The van der Waals surface area contributed by atoms with Gasteiger partial charge >= 0.3 is 0 Å². The molecule has 0 spiro atoms. The van der Waals surface area contributed by atoms with Crippen LogP contribution >= 0.6 is 0 Å². The second-order valence-electron chi connectivity index (χ2n) is 8.41. The minimum absolute atomic E-state index is 0.161. The molecular weight excluding hydrogens is 394 g/mol. The number of hydrogen-bond donors (Lipinski definition) is 5. The lowest BCUT2D eigenvalue weighted by Gasteiger charge is -2.32. The number of aliphatic hydroxyl groups excluding tert-OH is 1. The fraction of sp³-hybridized carbons (Fsp3) is 0.545. The summed E-state index contributed by atoms with van der Waals surface area (Å²) in [6.07, 6.45) is 11.7. The van der Waals surface area contributed by atoms with Crippen LogP contribution in [0.25, 0.3) is 0 Å². The molecular formula is C22H32N7O2+. The second-order valence-corrected chi connectivity index (χ2v) is 8.41. The van der Waals surface area contributed by atoms with Gasteiger partial charge in [0.15, 0.2) is 0 Å². The molecule has 31 heavy (non-hydrogen) atoms. The third-order valence-corrected chi connectivity index (χ3v) is 6.00. The van der Waals surface area contributed by atoms with Crippen LogP contribution in [0.3, 0.4) is 0 Å². The number of aliphatic imine (C=N–C) groups is 3. The van der Waals surface area contributed by atoms with Crippen molar-refractivity contribution >= 4 is 18.1 Å². The van der Waals surface area contributed by atoms with Gasteiger partial charge in [0, 0.05) is 60.3 Å². The van der Waals surface area contributed by atoms with Crippen molar-refractivity contribution in [2.45, 2.75) is 51.1 Å². The van der Waals surface area contributed by atoms with E-state index in [9.17, 15) is 10.3 Å². The summed E-state index contributed by atoms with van der Waals surface area (Å²) >= 11 is 0. The van der Waals surface area contributed by atoms with E-state index in [0.717, 1.165) is 60.2 Å². The molecule has 166 valence electrons. The van der Waals surface area contributed by atoms with E-state index in [-0.39, 0.29) is 18.6 Å². The number of hydrogen-bond acceptors (Lipinski definition) is 8. The molecule has 0 amide bonds. The van der Waals surface area contributed by atoms with Gasteiger partial charge in [-0.25, -0.2) is 0 Å². The van der Waals surface area contributed by atoms with Crippen LogP contribution in [0.5, 0.6) is 0 Å². The maximum absolute atomic E-state index is 9.78. The molecule has 0 saturated heterocycles. The van der Waals surface area contributed by atoms with Crippen LogP contribution < -0.4 is 20.7 Å². The van der Waals surface area contributed by atoms with Crippen molar-refractivity contribution in [1.29, 1.82) is 0 Å². The van der Waals surface area contributed by atoms with Gasteiger partial charge in [-0.05, 0) is 37.7 Å². The molecule has 9 nitrogen and oxygen atoms in total. The van der Waals surface area contributed by atoms with Crippen molar-refractivity contribution < 1.29 is 15.0 Å². The zero-order chi connectivity index (χ0) is 21.6. The highest BCUT2D eigenvalue weighted by Gasteiger charge is 2.30. The van der Waals surface area contributed by atoms with Gasteiger partial charge in [0.25, 0.3) is 0 Å². The Morgan fingerprint density at radius 3 is 2.87 bits per heavy atom. The van der Waals surface area contributed by atoms with Gasteiger partial charge in [0.2, 0.25) is 24.3 Å². The highest BCUT2D eigenvalue weighted by Crippen LogP contribution is 2.37. The van der Waals surface area contributed by atoms with E-state index in [1.807, 2.05) is 12.3 Å². The molecule has 2 saturated carbocycles. The molecule has 0 aromatic carbocycles. The first-order chi connectivity index (χ1) is 15.2. The zero-order valence-electron chi connectivity index (χ0n) is 18.0. The Balaban J connectivity index is 1.56. The standard InChI is InChI=1S/C22H32N7O2/c1-23-12-18(16-8-9-16)20-26-21(24-11-15-5-4-10-29(31)13-15)28-22(27-20)25-19-7-3-2-6-17(19)14-30/h4-5,10,12-13,16-17,19,30-31H,2-3,6-9,11,14H2,1H3,(H3,24,25,26,27,28)/q+1/b20-18-,23-12-/t17-,19-/m0/s1. The summed E-state index contributed by atoms with van der Waals surface area (Å²) in [6, 6.07) is 3.88. The van der Waals surface area contributed by atoms with Crippen molar-refractivity contribution in [3.63, 3.8) is 0 Å². The molecule has 5 N–H and O–H groups in total.